The number of hydrogen-bond acceptors (Lipinski definition) is 2. The highest BCUT2D eigenvalue weighted by Gasteiger charge is 2.37. The van der Waals surface area contributed by atoms with Gasteiger partial charge in [0.2, 0.25) is 0 Å². The van der Waals surface area contributed by atoms with E-state index in [0.29, 0.717) is 17.6 Å². The van der Waals surface area contributed by atoms with Gasteiger partial charge in [0.1, 0.15) is 5.78 Å². The second-order valence-corrected chi connectivity index (χ2v) is 4.01. The summed E-state index contributed by atoms with van der Waals surface area (Å²) in [5.41, 5.74) is 0. The molecule has 1 aliphatic rings. The van der Waals surface area contributed by atoms with Crippen molar-refractivity contribution in [1.29, 1.82) is 0 Å². The van der Waals surface area contributed by atoms with Gasteiger partial charge in [0.05, 0.1) is 0 Å². The van der Waals surface area contributed by atoms with Crippen LogP contribution in [0.15, 0.2) is 0 Å². The summed E-state index contributed by atoms with van der Waals surface area (Å²) in [5, 5.41) is 0. The Hall–Kier alpha value is 0.0200. The SMILES string of the molecule is CSCCC(=O)C1CC1C. The van der Waals surface area contributed by atoms with Gasteiger partial charge in [-0.2, -0.15) is 11.8 Å². The topological polar surface area (TPSA) is 17.1 Å². The van der Waals surface area contributed by atoms with Crippen molar-refractivity contribution in [2.24, 2.45) is 11.8 Å². The van der Waals surface area contributed by atoms with E-state index < -0.39 is 0 Å². The molecule has 2 heteroatoms. The van der Waals surface area contributed by atoms with E-state index in [1.165, 1.54) is 0 Å². The monoisotopic (exact) mass is 158 g/mol. The number of ketones is 1. The summed E-state index contributed by atoms with van der Waals surface area (Å²) in [6.07, 6.45) is 3.98. The van der Waals surface area contributed by atoms with Gasteiger partial charge < -0.3 is 0 Å². The fourth-order valence-electron chi connectivity index (χ4n) is 1.16. The summed E-state index contributed by atoms with van der Waals surface area (Å²) in [6.45, 7) is 2.15. The van der Waals surface area contributed by atoms with E-state index in [1.807, 2.05) is 6.26 Å². The van der Waals surface area contributed by atoms with Gasteiger partial charge in [-0.25, -0.2) is 0 Å². The number of hydrogen-bond donors (Lipinski definition) is 0. The van der Waals surface area contributed by atoms with Crippen LogP contribution in [0.4, 0.5) is 0 Å². The average molecular weight is 158 g/mol. The van der Waals surface area contributed by atoms with E-state index in [4.69, 9.17) is 0 Å². The molecule has 0 aromatic heterocycles. The van der Waals surface area contributed by atoms with E-state index in [-0.39, 0.29) is 0 Å². The van der Waals surface area contributed by atoms with Crippen LogP contribution in [0.2, 0.25) is 0 Å². The number of Topliss-reactive ketones (excluding diaryl/α,β-unsaturated/α-hetero) is 1. The molecule has 58 valence electrons. The predicted molar refractivity (Wildman–Crippen MR) is 45.3 cm³/mol. The van der Waals surface area contributed by atoms with Crippen molar-refractivity contribution in [3.63, 3.8) is 0 Å². The molecular formula is C8H14OS. The van der Waals surface area contributed by atoms with E-state index in [9.17, 15) is 4.79 Å². The van der Waals surface area contributed by atoms with Gasteiger partial charge in [0.15, 0.2) is 0 Å². The molecule has 0 spiro atoms. The number of thioether (sulfide) groups is 1. The molecule has 0 aromatic rings. The summed E-state index contributed by atoms with van der Waals surface area (Å²) in [6, 6.07) is 0. The molecule has 0 heterocycles. The highest BCUT2D eigenvalue weighted by atomic mass is 32.2. The Morgan fingerprint density at radius 3 is 2.70 bits per heavy atom. The van der Waals surface area contributed by atoms with E-state index in [1.54, 1.807) is 11.8 Å². The summed E-state index contributed by atoms with van der Waals surface area (Å²) in [7, 11) is 0. The molecule has 0 saturated heterocycles. The molecule has 0 aromatic carbocycles. The first-order chi connectivity index (χ1) is 4.75. The van der Waals surface area contributed by atoms with Gasteiger partial charge >= 0.3 is 0 Å². The number of rotatable bonds is 4. The Balaban J connectivity index is 2.11. The van der Waals surface area contributed by atoms with Crippen molar-refractivity contribution < 1.29 is 4.79 Å². The van der Waals surface area contributed by atoms with Crippen molar-refractivity contribution in [3.05, 3.63) is 0 Å². The third-order valence-electron chi connectivity index (χ3n) is 2.08. The molecule has 0 aliphatic heterocycles. The minimum absolute atomic E-state index is 0.437. The zero-order chi connectivity index (χ0) is 7.56. The highest BCUT2D eigenvalue weighted by Crippen LogP contribution is 2.39. The van der Waals surface area contributed by atoms with Crippen LogP contribution >= 0.6 is 11.8 Å². The van der Waals surface area contributed by atoms with Crippen LogP contribution in [0.5, 0.6) is 0 Å². The molecule has 1 saturated carbocycles. The van der Waals surface area contributed by atoms with Crippen LogP contribution in [0.1, 0.15) is 19.8 Å². The largest absolute Gasteiger partial charge is 0.299 e. The van der Waals surface area contributed by atoms with Crippen molar-refractivity contribution in [1.82, 2.24) is 0 Å². The average Bonchev–Trinajstić information content (AvgIpc) is 2.62. The molecule has 2 atom stereocenters. The number of carbonyl (C=O) groups excluding carboxylic acids is 1. The Morgan fingerprint density at radius 1 is 1.70 bits per heavy atom. The number of carbonyl (C=O) groups is 1. The molecular weight excluding hydrogens is 144 g/mol. The smallest absolute Gasteiger partial charge is 0.137 e. The van der Waals surface area contributed by atoms with Crippen molar-refractivity contribution in [2.45, 2.75) is 19.8 Å². The van der Waals surface area contributed by atoms with Gasteiger partial charge in [-0.05, 0) is 24.3 Å². The van der Waals surface area contributed by atoms with E-state index in [0.717, 1.165) is 18.6 Å². The Labute approximate surface area is 66.6 Å². The molecule has 1 fully saturated rings. The second-order valence-electron chi connectivity index (χ2n) is 3.03. The minimum Gasteiger partial charge on any atom is -0.299 e. The summed E-state index contributed by atoms with van der Waals surface area (Å²) in [5.74, 6) is 2.62. The van der Waals surface area contributed by atoms with Crippen LogP contribution in [-0.4, -0.2) is 17.8 Å². The van der Waals surface area contributed by atoms with Gasteiger partial charge in [0, 0.05) is 12.3 Å². The first-order valence-electron chi connectivity index (χ1n) is 3.77. The fraction of sp³-hybridized carbons (Fsp3) is 0.875. The Bertz CT molecular complexity index is 133. The lowest BCUT2D eigenvalue weighted by atomic mass is 10.2. The van der Waals surface area contributed by atoms with Gasteiger partial charge in [-0.3, -0.25) is 4.79 Å². The minimum atomic E-state index is 0.437. The van der Waals surface area contributed by atoms with Crippen LogP contribution in [-0.2, 0) is 4.79 Å². The molecule has 0 bridgehead atoms. The lowest BCUT2D eigenvalue weighted by Gasteiger charge is -1.94. The van der Waals surface area contributed by atoms with E-state index >= 15 is 0 Å². The zero-order valence-corrected chi connectivity index (χ0v) is 7.41. The molecule has 1 rings (SSSR count). The predicted octanol–water partition coefficient (Wildman–Crippen LogP) is 1.96. The van der Waals surface area contributed by atoms with Crippen molar-refractivity contribution in [3.8, 4) is 0 Å². The lowest BCUT2D eigenvalue weighted by Crippen LogP contribution is -2.02. The van der Waals surface area contributed by atoms with Crippen molar-refractivity contribution >= 4 is 17.5 Å². The van der Waals surface area contributed by atoms with Crippen LogP contribution in [0.25, 0.3) is 0 Å². The molecule has 0 N–H and O–H groups in total. The first-order valence-corrected chi connectivity index (χ1v) is 5.16. The van der Waals surface area contributed by atoms with Crippen LogP contribution in [0, 0.1) is 11.8 Å². The summed E-state index contributed by atoms with van der Waals surface area (Å²) < 4.78 is 0. The molecule has 1 aliphatic carbocycles. The van der Waals surface area contributed by atoms with E-state index in [2.05, 4.69) is 6.92 Å². The van der Waals surface area contributed by atoms with Gasteiger partial charge in [-0.1, -0.05) is 6.92 Å². The zero-order valence-electron chi connectivity index (χ0n) is 6.59. The summed E-state index contributed by atoms with van der Waals surface area (Å²) in [4.78, 5) is 11.2. The third-order valence-corrected chi connectivity index (χ3v) is 2.69. The van der Waals surface area contributed by atoms with Crippen molar-refractivity contribution in [2.75, 3.05) is 12.0 Å². The molecule has 2 unspecified atom stereocenters. The van der Waals surface area contributed by atoms with Crippen LogP contribution in [0.3, 0.4) is 0 Å². The molecule has 0 amide bonds. The van der Waals surface area contributed by atoms with Crippen LogP contribution < -0.4 is 0 Å². The molecule has 0 radical (unpaired) electrons. The normalized spacial score (nSPS) is 30.2. The standard InChI is InChI=1S/C8H14OS/c1-6-5-7(6)8(9)3-4-10-2/h6-7H,3-5H2,1-2H3. The first kappa shape index (κ1) is 8.12. The highest BCUT2D eigenvalue weighted by molar-refractivity contribution is 7.98. The fourth-order valence-corrected chi connectivity index (χ4v) is 1.56. The lowest BCUT2D eigenvalue weighted by molar-refractivity contribution is -0.120. The second kappa shape index (κ2) is 3.42. The Morgan fingerprint density at radius 2 is 2.30 bits per heavy atom. The maximum Gasteiger partial charge on any atom is 0.137 e. The quantitative estimate of drug-likeness (QED) is 0.622. The maximum absolute atomic E-state index is 11.2. The Kier molecular flexibility index (Phi) is 2.78. The van der Waals surface area contributed by atoms with Gasteiger partial charge in [-0.15, -0.1) is 0 Å². The van der Waals surface area contributed by atoms with Gasteiger partial charge in [0.25, 0.3) is 0 Å². The third kappa shape index (κ3) is 2.01. The molecule has 10 heavy (non-hydrogen) atoms. The molecule has 1 nitrogen and oxygen atoms in total. The summed E-state index contributed by atoms with van der Waals surface area (Å²) >= 11 is 1.76. The maximum atomic E-state index is 11.2.